The molecule has 0 aromatic heterocycles. The van der Waals surface area contributed by atoms with Crippen molar-refractivity contribution in [3.63, 3.8) is 0 Å². The standard InChI is InChI=1S/C23H34O2/c1-5-23(15(2)24)13-10-20-18-7-6-16-14-17(25)8-11-21(16,3)19(18)9-12-22(20,23)4/h5,16,18-20H,1,6-14H2,2-4H3/t16?,18-,19+,20+,21+,22+,23-/m1/s1. The fraction of sp³-hybridized carbons (Fsp3) is 0.826. The maximum atomic E-state index is 12.6. The van der Waals surface area contributed by atoms with Gasteiger partial charge in [-0.1, -0.05) is 19.9 Å². The molecule has 0 aromatic carbocycles. The van der Waals surface area contributed by atoms with Gasteiger partial charge < -0.3 is 0 Å². The van der Waals surface area contributed by atoms with E-state index in [0.717, 1.165) is 43.9 Å². The predicted octanol–water partition coefficient (Wildman–Crippen LogP) is 5.36. The molecule has 0 spiro atoms. The Kier molecular flexibility index (Phi) is 3.87. The lowest BCUT2D eigenvalue weighted by Gasteiger charge is -2.61. The number of allylic oxidation sites excluding steroid dienone is 1. The summed E-state index contributed by atoms with van der Waals surface area (Å²) in [7, 11) is 0. The van der Waals surface area contributed by atoms with Crippen LogP contribution in [0.3, 0.4) is 0 Å². The molecule has 0 heterocycles. The summed E-state index contributed by atoms with van der Waals surface area (Å²) in [6.07, 6.45) is 11.8. The maximum Gasteiger partial charge on any atom is 0.140 e. The number of rotatable bonds is 2. The first-order valence-corrected chi connectivity index (χ1v) is 10.4. The molecule has 4 rings (SSSR count). The highest BCUT2D eigenvalue weighted by atomic mass is 16.1. The van der Waals surface area contributed by atoms with E-state index in [1.54, 1.807) is 6.92 Å². The van der Waals surface area contributed by atoms with Crippen LogP contribution in [0.2, 0.25) is 0 Å². The minimum absolute atomic E-state index is 0.0927. The maximum absolute atomic E-state index is 12.6. The predicted molar refractivity (Wildman–Crippen MR) is 100 cm³/mol. The summed E-state index contributed by atoms with van der Waals surface area (Å²) in [6, 6.07) is 0. The molecule has 4 fully saturated rings. The Balaban J connectivity index is 1.68. The van der Waals surface area contributed by atoms with Crippen LogP contribution >= 0.6 is 0 Å². The van der Waals surface area contributed by atoms with E-state index < -0.39 is 0 Å². The third-order valence-electron chi connectivity index (χ3n) is 9.72. The van der Waals surface area contributed by atoms with Crippen LogP contribution in [0.4, 0.5) is 0 Å². The Labute approximate surface area is 152 Å². The van der Waals surface area contributed by atoms with Crippen molar-refractivity contribution in [1.29, 1.82) is 0 Å². The van der Waals surface area contributed by atoms with Gasteiger partial charge in [0.2, 0.25) is 0 Å². The molecule has 0 aromatic rings. The summed E-state index contributed by atoms with van der Waals surface area (Å²) < 4.78 is 0. The zero-order chi connectivity index (χ0) is 18.0. The summed E-state index contributed by atoms with van der Waals surface area (Å²) >= 11 is 0. The van der Waals surface area contributed by atoms with E-state index in [0.29, 0.717) is 28.8 Å². The summed E-state index contributed by atoms with van der Waals surface area (Å²) in [5, 5.41) is 0. The van der Waals surface area contributed by atoms with E-state index in [-0.39, 0.29) is 10.8 Å². The summed E-state index contributed by atoms with van der Waals surface area (Å²) in [5.41, 5.74) is 0.145. The Bertz CT molecular complexity index is 622. The van der Waals surface area contributed by atoms with Gasteiger partial charge in [-0.15, -0.1) is 6.58 Å². The van der Waals surface area contributed by atoms with Gasteiger partial charge in [-0.25, -0.2) is 0 Å². The van der Waals surface area contributed by atoms with Crippen molar-refractivity contribution >= 4 is 11.6 Å². The van der Waals surface area contributed by atoms with Crippen molar-refractivity contribution < 1.29 is 9.59 Å². The molecule has 138 valence electrons. The lowest BCUT2D eigenvalue weighted by molar-refractivity contribution is -0.148. The second-order valence-electron chi connectivity index (χ2n) is 10.1. The van der Waals surface area contributed by atoms with Crippen LogP contribution in [0.25, 0.3) is 0 Å². The Hall–Kier alpha value is -0.920. The van der Waals surface area contributed by atoms with Gasteiger partial charge in [0, 0.05) is 12.8 Å². The number of hydrogen-bond donors (Lipinski definition) is 0. The normalized spacial score (nSPS) is 52.0. The number of Topliss-reactive ketones (excluding diaryl/α,β-unsaturated/α-hetero) is 2. The Morgan fingerprint density at radius 2 is 1.80 bits per heavy atom. The van der Waals surface area contributed by atoms with Crippen molar-refractivity contribution in [3.05, 3.63) is 12.7 Å². The monoisotopic (exact) mass is 342 g/mol. The lowest BCUT2D eigenvalue weighted by Crippen LogP contribution is -2.55. The second kappa shape index (κ2) is 5.54. The van der Waals surface area contributed by atoms with Crippen LogP contribution in [-0.4, -0.2) is 11.6 Å². The van der Waals surface area contributed by atoms with Crippen molar-refractivity contribution in [2.75, 3.05) is 0 Å². The highest BCUT2D eigenvalue weighted by Crippen LogP contribution is 2.70. The van der Waals surface area contributed by atoms with Crippen LogP contribution in [0.5, 0.6) is 0 Å². The van der Waals surface area contributed by atoms with Crippen LogP contribution < -0.4 is 0 Å². The molecular weight excluding hydrogens is 308 g/mol. The van der Waals surface area contributed by atoms with E-state index in [1.165, 1.54) is 25.7 Å². The van der Waals surface area contributed by atoms with Gasteiger partial charge in [0.25, 0.3) is 0 Å². The minimum Gasteiger partial charge on any atom is -0.300 e. The number of fused-ring (bicyclic) bond motifs is 5. The second-order valence-corrected chi connectivity index (χ2v) is 10.1. The number of hydrogen-bond acceptors (Lipinski definition) is 2. The SMILES string of the molecule is C=C[C@]1(C(C)=O)CC[C@H]2[C@@H]3CCC4CC(=O)CC[C@]4(C)[C@H]3CC[C@@]21C. The van der Waals surface area contributed by atoms with Gasteiger partial charge in [0.1, 0.15) is 11.6 Å². The molecule has 7 atom stereocenters. The molecule has 1 unspecified atom stereocenters. The zero-order valence-corrected chi connectivity index (χ0v) is 16.3. The van der Waals surface area contributed by atoms with Crippen molar-refractivity contribution in [2.24, 2.45) is 39.9 Å². The van der Waals surface area contributed by atoms with Crippen molar-refractivity contribution in [1.82, 2.24) is 0 Å². The average molecular weight is 343 g/mol. The molecule has 0 amide bonds. The molecule has 2 nitrogen and oxygen atoms in total. The number of carbonyl (C=O) groups excluding carboxylic acids is 2. The molecule has 4 aliphatic rings. The van der Waals surface area contributed by atoms with E-state index in [9.17, 15) is 9.59 Å². The highest BCUT2D eigenvalue weighted by Gasteiger charge is 2.65. The topological polar surface area (TPSA) is 34.1 Å². The van der Waals surface area contributed by atoms with Crippen LogP contribution in [0, 0.1) is 39.9 Å². The smallest absolute Gasteiger partial charge is 0.140 e. The van der Waals surface area contributed by atoms with Crippen molar-refractivity contribution in [2.45, 2.75) is 78.6 Å². The molecule has 0 bridgehead atoms. The number of carbonyl (C=O) groups is 2. The van der Waals surface area contributed by atoms with Crippen LogP contribution in [0.1, 0.15) is 78.6 Å². The fourth-order valence-corrected chi connectivity index (χ4v) is 8.18. The minimum atomic E-state index is -0.303. The molecule has 0 radical (unpaired) electrons. The number of ketones is 2. The van der Waals surface area contributed by atoms with Gasteiger partial charge in [-0.05, 0) is 86.4 Å². The quantitative estimate of drug-likeness (QED) is 0.633. The van der Waals surface area contributed by atoms with Crippen molar-refractivity contribution in [3.8, 4) is 0 Å². The third kappa shape index (κ3) is 2.09. The first-order valence-electron chi connectivity index (χ1n) is 10.4. The van der Waals surface area contributed by atoms with E-state index in [1.807, 2.05) is 6.08 Å². The third-order valence-corrected chi connectivity index (χ3v) is 9.72. The van der Waals surface area contributed by atoms with E-state index in [4.69, 9.17) is 0 Å². The lowest BCUT2D eigenvalue weighted by atomic mass is 9.43. The molecule has 0 saturated heterocycles. The fourth-order valence-electron chi connectivity index (χ4n) is 8.18. The van der Waals surface area contributed by atoms with Gasteiger partial charge >= 0.3 is 0 Å². The van der Waals surface area contributed by atoms with Gasteiger partial charge in [-0.3, -0.25) is 9.59 Å². The highest BCUT2D eigenvalue weighted by molar-refractivity contribution is 5.86. The summed E-state index contributed by atoms with van der Waals surface area (Å²) in [4.78, 5) is 24.6. The molecule has 2 heteroatoms. The molecule has 0 aliphatic heterocycles. The first kappa shape index (κ1) is 17.5. The molecule has 0 N–H and O–H groups in total. The van der Waals surface area contributed by atoms with Crippen LogP contribution in [0.15, 0.2) is 12.7 Å². The van der Waals surface area contributed by atoms with E-state index in [2.05, 4.69) is 20.4 Å². The Morgan fingerprint density at radius 1 is 1.08 bits per heavy atom. The summed E-state index contributed by atoms with van der Waals surface area (Å²) in [6.45, 7) is 10.8. The molecule has 25 heavy (non-hydrogen) atoms. The molecule has 4 aliphatic carbocycles. The largest absolute Gasteiger partial charge is 0.300 e. The molecular formula is C23H34O2. The van der Waals surface area contributed by atoms with Gasteiger partial charge in [-0.2, -0.15) is 0 Å². The summed E-state index contributed by atoms with van der Waals surface area (Å²) in [5.74, 6) is 3.58. The molecule has 4 saturated carbocycles. The van der Waals surface area contributed by atoms with Gasteiger partial charge in [0.15, 0.2) is 0 Å². The average Bonchev–Trinajstić information content (AvgIpc) is 2.89. The van der Waals surface area contributed by atoms with Crippen LogP contribution in [-0.2, 0) is 9.59 Å². The van der Waals surface area contributed by atoms with E-state index >= 15 is 0 Å². The Morgan fingerprint density at radius 3 is 2.48 bits per heavy atom. The van der Waals surface area contributed by atoms with Gasteiger partial charge in [0.05, 0.1) is 5.41 Å². The zero-order valence-electron chi connectivity index (χ0n) is 16.3. The first-order chi connectivity index (χ1) is 11.8.